The predicted molar refractivity (Wildman–Crippen MR) is 38.1 cm³/mol. The lowest BCUT2D eigenvalue weighted by Crippen LogP contribution is -2.22. The Morgan fingerprint density at radius 3 is 2.67 bits per heavy atom. The maximum atomic E-state index is 10.8. The van der Waals surface area contributed by atoms with E-state index in [1.165, 1.54) is 7.05 Å². The standard InChI is InChI=1S/C6H6N2O4/c1-8-4(9)2-3(5(10)11)7-6(8)12/h2,9H,1H3,(H,10,11). The van der Waals surface area contributed by atoms with E-state index in [9.17, 15) is 9.59 Å². The maximum Gasteiger partial charge on any atom is 0.354 e. The molecule has 0 saturated carbocycles. The zero-order valence-electron chi connectivity index (χ0n) is 6.18. The van der Waals surface area contributed by atoms with Gasteiger partial charge in [-0.1, -0.05) is 0 Å². The third kappa shape index (κ3) is 1.26. The van der Waals surface area contributed by atoms with Crippen LogP contribution in [-0.4, -0.2) is 25.7 Å². The van der Waals surface area contributed by atoms with Crippen LogP contribution in [0.1, 0.15) is 10.5 Å². The molecule has 0 aliphatic heterocycles. The molecule has 0 amide bonds. The van der Waals surface area contributed by atoms with Crippen molar-refractivity contribution in [1.82, 2.24) is 9.55 Å². The van der Waals surface area contributed by atoms with Gasteiger partial charge in [0.05, 0.1) is 0 Å². The van der Waals surface area contributed by atoms with Gasteiger partial charge in [-0.05, 0) is 0 Å². The lowest BCUT2D eigenvalue weighted by Gasteiger charge is -1.99. The van der Waals surface area contributed by atoms with Crippen LogP contribution in [0.5, 0.6) is 5.88 Å². The Bertz CT molecular complexity index is 382. The summed E-state index contributed by atoms with van der Waals surface area (Å²) in [5.41, 5.74) is -1.26. The summed E-state index contributed by atoms with van der Waals surface area (Å²) in [7, 11) is 1.29. The van der Waals surface area contributed by atoms with Gasteiger partial charge in [0.2, 0.25) is 0 Å². The van der Waals surface area contributed by atoms with Crippen molar-refractivity contribution in [2.45, 2.75) is 0 Å². The highest BCUT2D eigenvalue weighted by Crippen LogP contribution is 2.03. The summed E-state index contributed by atoms with van der Waals surface area (Å²) in [5, 5.41) is 17.4. The van der Waals surface area contributed by atoms with E-state index in [0.29, 0.717) is 0 Å². The first-order valence-corrected chi connectivity index (χ1v) is 3.02. The number of carboxylic acid groups (broad SMARTS) is 1. The summed E-state index contributed by atoms with van der Waals surface area (Å²) >= 11 is 0. The number of aromatic nitrogens is 2. The van der Waals surface area contributed by atoms with Crippen LogP contribution in [0, 0.1) is 0 Å². The molecule has 0 aromatic carbocycles. The molecule has 64 valence electrons. The van der Waals surface area contributed by atoms with E-state index in [1.54, 1.807) is 0 Å². The Morgan fingerprint density at radius 1 is 1.67 bits per heavy atom. The van der Waals surface area contributed by atoms with Crippen molar-refractivity contribution in [3.05, 3.63) is 22.2 Å². The summed E-state index contributed by atoms with van der Waals surface area (Å²) in [4.78, 5) is 24.3. The molecule has 0 unspecified atom stereocenters. The molecule has 1 aromatic rings. The molecule has 0 aliphatic carbocycles. The van der Waals surface area contributed by atoms with Crippen LogP contribution in [0.25, 0.3) is 0 Å². The van der Waals surface area contributed by atoms with E-state index in [-0.39, 0.29) is 0 Å². The predicted octanol–water partition coefficient (Wildman–Crippen LogP) is -0.816. The molecule has 2 N–H and O–H groups in total. The molecule has 12 heavy (non-hydrogen) atoms. The molecule has 0 radical (unpaired) electrons. The normalized spacial score (nSPS) is 9.75. The second-order valence-electron chi connectivity index (χ2n) is 2.15. The van der Waals surface area contributed by atoms with Crippen molar-refractivity contribution >= 4 is 5.97 Å². The highest BCUT2D eigenvalue weighted by molar-refractivity contribution is 5.85. The molecule has 0 spiro atoms. The van der Waals surface area contributed by atoms with Gasteiger partial charge in [0, 0.05) is 13.1 Å². The highest BCUT2D eigenvalue weighted by Gasteiger charge is 2.09. The molecule has 1 rings (SSSR count). The smallest absolute Gasteiger partial charge is 0.354 e. The van der Waals surface area contributed by atoms with E-state index in [0.717, 1.165) is 10.6 Å². The largest absolute Gasteiger partial charge is 0.494 e. The second-order valence-corrected chi connectivity index (χ2v) is 2.15. The van der Waals surface area contributed by atoms with Crippen LogP contribution in [0.3, 0.4) is 0 Å². The van der Waals surface area contributed by atoms with Crippen molar-refractivity contribution in [2.24, 2.45) is 7.05 Å². The van der Waals surface area contributed by atoms with E-state index < -0.39 is 23.2 Å². The first-order valence-electron chi connectivity index (χ1n) is 3.02. The fourth-order valence-electron chi connectivity index (χ4n) is 0.637. The molecular weight excluding hydrogens is 164 g/mol. The number of aromatic hydroxyl groups is 1. The van der Waals surface area contributed by atoms with Gasteiger partial charge in [-0.15, -0.1) is 0 Å². The third-order valence-electron chi connectivity index (χ3n) is 1.33. The van der Waals surface area contributed by atoms with E-state index in [4.69, 9.17) is 10.2 Å². The lowest BCUT2D eigenvalue weighted by molar-refractivity contribution is 0.0689. The van der Waals surface area contributed by atoms with E-state index in [1.807, 2.05) is 0 Å². The SMILES string of the molecule is Cn1c(O)cc(C(=O)O)nc1=O. The summed E-state index contributed by atoms with van der Waals surface area (Å²) in [6, 6.07) is 0.906. The number of nitrogens with zero attached hydrogens (tertiary/aromatic N) is 2. The Hall–Kier alpha value is -1.85. The summed E-state index contributed by atoms with van der Waals surface area (Å²) < 4.78 is 0.840. The van der Waals surface area contributed by atoms with Gasteiger partial charge in [0.15, 0.2) is 11.6 Å². The van der Waals surface area contributed by atoms with E-state index in [2.05, 4.69) is 4.98 Å². The van der Waals surface area contributed by atoms with Crippen molar-refractivity contribution in [3.8, 4) is 5.88 Å². The average molecular weight is 170 g/mol. The second kappa shape index (κ2) is 2.65. The number of carboxylic acids is 1. The topological polar surface area (TPSA) is 92.4 Å². The summed E-state index contributed by atoms with van der Waals surface area (Å²) in [6.45, 7) is 0. The Balaban J connectivity index is 3.41. The van der Waals surface area contributed by atoms with Crippen LogP contribution < -0.4 is 5.69 Å². The van der Waals surface area contributed by atoms with Crippen LogP contribution in [0.15, 0.2) is 10.9 Å². The summed E-state index contributed by atoms with van der Waals surface area (Å²) in [5.74, 6) is -1.77. The minimum atomic E-state index is -1.34. The van der Waals surface area contributed by atoms with Gasteiger partial charge < -0.3 is 10.2 Å². The molecule has 0 aliphatic rings. The van der Waals surface area contributed by atoms with Gasteiger partial charge in [0.1, 0.15) is 0 Å². The Kier molecular flexibility index (Phi) is 1.82. The number of aromatic carboxylic acids is 1. The zero-order valence-corrected chi connectivity index (χ0v) is 6.18. The van der Waals surface area contributed by atoms with Gasteiger partial charge in [-0.2, -0.15) is 4.98 Å². The lowest BCUT2D eigenvalue weighted by atomic mass is 10.4. The zero-order chi connectivity index (χ0) is 9.30. The van der Waals surface area contributed by atoms with Crippen LogP contribution in [0.2, 0.25) is 0 Å². The summed E-state index contributed by atoms with van der Waals surface area (Å²) in [6.07, 6.45) is 0. The minimum absolute atomic E-state index is 0.424. The number of hydrogen-bond acceptors (Lipinski definition) is 4. The molecule has 0 saturated heterocycles. The van der Waals surface area contributed by atoms with Crippen molar-refractivity contribution in [1.29, 1.82) is 0 Å². The molecule has 0 fully saturated rings. The first-order chi connectivity index (χ1) is 5.52. The van der Waals surface area contributed by atoms with Crippen LogP contribution in [-0.2, 0) is 7.05 Å². The minimum Gasteiger partial charge on any atom is -0.494 e. The number of carbonyl (C=O) groups is 1. The number of hydrogen-bond donors (Lipinski definition) is 2. The quantitative estimate of drug-likeness (QED) is 0.574. The van der Waals surface area contributed by atoms with Gasteiger partial charge >= 0.3 is 11.7 Å². The number of rotatable bonds is 1. The van der Waals surface area contributed by atoms with E-state index >= 15 is 0 Å². The molecule has 6 nitrogen and oxygen atoms in total. The Labute approximate surface area is 66.7 Å². The maximum absolute atomic E-state index is 10.8. The molecule has 0 atom stereocenters. The molecule has 0 bridgehead atoms. The molecule has 1 heterocycles. The van der Waals surface area contributed by atoms with Crippen molar-refractivity contribution < 1.29 is 15.0 Å². The molecule has 6 heteroatoms. The van der Waals surface area contributed by atoms with Crippen molar-refractivity contribution in [3.63, 3.8) is 0 Å². The molecular formula is C6H6N2O4. The van der Waals surface area contributed by atoms with Gasteiger partial charge in [-0.3, -0.25) is 4.57 Å². The van der Waals surface area contributed by atoms with Gasteiger partial charge in [-0.25, -0.2) is 9.59 Å². The van der Waals surface area contributed by atoms with Gasteiger partial charge in [0.25, 0.3) is 0 Å². The van der Waals surface area contributed by atoms with Crippen LogP contribution >= 0.6 is 0 Å². The first kappa shape index (κ1) is 8.25. The molecule has 1 aromatic heterocycles. The Morgan fingerprint density at radius 2 is 2.25 bits per heavy atom. The monoisotopic (exact) mass is 170 g/mol. The fraction of sp³-hybridized carbons (Fsp3) is 0.167. The average Bonchev–Trinajstić information content (AvgIpc) is 1.99. The fourth-order valence-corrected chi connectivity index (χ4v) is 0.637. The highest BCUT2D eigenvalue weighted by atomic mass is 16.4. The third-order valence-corrected chi connectivity index (χ3v) is 1.33. The van der Waals surface area contributed by atoms with Crippen LogP contribution in [0.4, 0.5) is 0 Å². The van der Waals surface area contributed by atoms with Crippen molar-refractivity contribution in [2.75, 3.05) is 0 Å².